The van der Waals surface area contributed by atoms with Crippen molar-refractivity contribution in [3.05, 3.63) is 18.2 Å². The van der Waals surface area contributed by atoms with Gasteiger partial charge in [-0.2, -0.15) is 0 Å². The molecule has 0 aromatic carbocycles. The minimum Gasteiger partial charge on any atom is -0.348 e. The molecular formula is C9H15N3O. The molecule has 0 aliphatic carbocycles. The van der Waals surface area contributed by atoms with Gasteiger partial charge in [-0.1, -0.05) is 0 Å². The number of aromatic amines is 1. The van der Waals surface area contributed by atoms with E-state index in [-0.39, 0.29) is 5.91 Å². The second kappa shape index (κ2) is 3.20. The summed E-state index contributed by atoms with van der Waals surface area (Å²) in [5, 5.41) is 0. The zero-order valence-corrected chi connectivity index (χ0v) is 8.46. The Morgan fingerprint density at radius 2 is 2.15 bits per heavy atom. The number of amides is 1. The van der Waals surface area contributed by atoms with E-state index < -0.39 is 5.41 Å². The van der Waals surface area contributed by atoms with Crippen molar-refractivity contribution in [3.8, 4) is 0 Å². The van der Waals surface area contributed by atoms with Crippen molar-refractivity contribution in [1.82, 2.24) is 14.9 Å². The molecule has 0 saturated carbocycles. The Morgan fingerprint density at radius 1 is 1.54 bits per heavy atom. The zero-order chi connectivity index (χ0) is 10.1. The number of nitrogens with one attached hydrogen (secondary N) is 1. The average molecular weight is 181 g/mol. The predicted octanol–water partition coefficient (Wildman–Crippen LogP) is 0.776. The van der Waals surface area contributed by atoms with Crippen LogP contribution in [-0.2, 0) is 10.2 Å². The molecule has 0 saturated heterocycles. The number of nitrogens with zero attached hydrogens (tertiary/aromatic N) is 2. The summed E-state index contributed by atoms with van der Waals surface area (Å²) >= 11 is 0. The molecule has 4 nitrogen and oxygen atoms in total. The van der Waals surface area contributed by atoms with Crippen molar-refractivity contribution in [1.29, 1.82) is 0 Å². The molecule has 1 amide bonds. The van der Waals surface area contributed by atoms with Crippen molar-refractivity contribution in [2.45, 2.75) is 19.3 Å². The Labute approximate surface area is 78.0 Å². The molecular weight excluding hydrogens is 166 g/mol. The molecule has 72 valence electrons. The third-order valence-corrected chi connectivity index (χ3v) is 2.11. The molecule has 0 unspecified atom stereocenters. The summed E-state index contributed by atoms with van der Waals surface area (Å²) in [7, 11) is 3.50. The first-order valence-electron chi connectivity index (χ1n) is 4.17. The Morgan fingerprint density at radius 3 is 2.54 bits per heavy atom. The molecule has 1 rings (SSSR count). The van der Waals surface area contributed by atoms with Gasteiger partial charge in [0.1, 0.15) is 0 Å². The Balaban J connectivity index is 2.95. The van der Waals surface area contributed by atoms with Crippen LogP contribution < -0.4 is 0 Å². The molecule has 4 heteroatoms. The van der Waals surface area contributed by atoms with E-state index in [1.54, 1.807) is 31.5 Å². The van der Waals surface area contributed by atoms with Crippen LogP contribution in [0.3, 0.4) is 0 Å². The second-order valence-corrected chi connectivity index (χ2v) is 3.79. The van der Waals surface area contributed by atoms with Crippen LogP contribution in [0, 0.1) is 0 Å². The number of aromatic nitrogens is 2. The average Bonchev–Trinajstić information content (AvgIpc) is 2.54. The fraction of sp³-hybridized carbons (Fsp3) is 0.556. The van der Waals surface area contributed by atoms with Crippen LogP contribution in [-0.4, -0.2) is 34.9 Å². The van der Waals surface area contributed by atoms with Gasteiger partial charge in [0.15, 0.2) is 0 Å². The number of carbonyl (C=O) groups excluding carboxylic acids is 1. The molecule has 0 fully saturated rings. The fourth-order valence-electron chi connectivity index (χ4n) is 1.27. The minimum absolute atomic E-state index is 0.0664. The lowest BCUT2D eigenvalue weighted by molar-refractivity contribution is -0.133. The molecule has 1 aromatic rings. The van der Waals surface area contributed by atoms with Gasteiger partial charge in [-0.25, -0.2) is 4.98 Å². The highest BCUT2D eigenvalue weighted by Crippen LogP contribution is 2.22. The molecule has 0 spiro atoms. The van der Waals surface area contributed by atoms with Crippen LogP contribution in [0.25, 0.3) is 0 Å². The van der Waals surface area contributed by atoms with Crippen molar-refractivity contribution >= 4 is 5.91 Å². The lowest BCUT2D eigenvalue weighted by Gasteiger charge is -2.25. The molecule has 0 aliphatic rings. The molecule has 1 aromatic heterocycles. The van der Waals surface area contributed by atoms with Crippen LogP contribution in [0.15, 0.2) is 12.5 Å². The van der Waals surface area contributed by atoms with Gasteiger partial charge in [-0.3, -0.25) is 4.79 Å². The summed E-state index contributed by atoms with van der Waals surface area (Å²) < 4.78 is 0. The van der Waals surface area contributed by atoms with Gasteiger partial charge in [0.2, 0.25) is 5.91 Å². The zero-order valence-electron chi connectivity index (χ0n) is 8.46. The third-order valence-electron chi connectivity index (χ3n) is 2.11. The van der Waals surface area contributed by atoms with Crippen molar-refractivity contribution in [3.63, 3.8) is 0 Å². The summed E-state index contributed by atoms with van der Waals surface area (Å²) in [6.07, 6.45) is 3.27. The van der Waals surface area contributed by atoms with Gasteiger partial charge < -0.3 is 9.88 Å². The largest absolute Gasteiger partial charge is 0.348 e. The lowest BCUT2D eigenvalue weighted by atomic mass is 9.88. The molecule has 0 radical (unpaired) electrons. The molecule has 13 heavy (non-hydrogen) atoms. The number of carbonyl (C=O) groups is 1. The maximum absolute atomic E-state index is 11.7. The van der Waals surface area contributed by atoms with Crippen molar-refractivity contribution < 1.29 is 4.79 Å². The maximum atomic E-state index is 11.7. The van der Waals surface area contributed by atoms with E-state index in [1.165, 1.54) is 0 Å². The van der Waals surface area contributed by atoms with E-state index in [0.717, 1.165) is 5.69 Å². The number of hydrogen-bond donors (Lipinski definition) is 1. The number of H-pyrrole nitrogens is 1. The third kappa shape index (κ3) is 1.71. The normalized spacial score (nSPS) is 11.4. The standard InChI is InChI=1S/C9H15N3O/c1-9(2,8(13)12(3)4)7-5-10-6-11-7/h5-6H,1-4H3,(H,10,11). The summed E-state index contributed by atoms with van der Waals surface area (Å²) in [6.45, 7) is 3.76. The van der Waals surface area contributed by atoms with Crippen molar-refractivity contribution in [2.24, 2.45) is 0 Å². The smallest absolute Gasteiger partial charge is 0.233 e. The van der Waals surface area contributed by atoms with Gasteiger partial charge in [0.05, 0.1) is 11.7 Å². The highest BCUT2D eigenvalue weighted by Gasteiger charge is 2.32. The summed E-state index contributed by atoms with van der Waals surface area (Å²) in [6, 6.07) is 0. The Bertz CT molecular complexity index is 288. The summed E-state index contributed by atoms with van der Waals surface area (Å²) in [5.41, 5.74) is 0.311. The lowest BCUT2D eigenvalue weighted by Crippen LogP contribution is -2.39. The quantitative estimate of drug-likeness (QED) is 0.732. The number of hydrogen-bond acceptors (Lipinski definition) is 2. The first kappa shape index (κ1) is 9.77. The summed E-state index contributed by atoms with van der Waals surface area (Å²) in [4.78, 5) is 20.2. The van der Waals surface area contributed by atoms with Crippen LogP contribution in [0.2, 0.25) is 0 Å². The SMILES string of the molecule is CN(C)C(=O)C(C)(C)c1cnc[nH]1. The molecule has 0 bridgehead atoms. The molecule has 1 heterocycles. The van der Waals surface area contributed by atoms with Gasteiger partial charge in [0.25, 0.3) is 0 Å². The topological polar surface area (TPSA) is 49.0 Å². The monoisotopic (exact) mass is 181 g/mol. The van der Waals surface area contributed by atoms with E-state index in [4.69, 9.17) is 0 Å². The maximum Gasteiger partial charge on any atom is 0.233 e. The van der Waals surface area contributed by atoms with Gasteiger partial charge in [-0.15, -0.1) is 0 Å². The number of rotatable bonds is 2. The van der Waals surface area contributed by atoms with Crippen LogP contribution in [0.4, 0.5) is 0 Å². The molecule has 1 N–H and O–H groups in total. The van der Waals surface area contributed by atoms with Crippen LogP contribution in [0.1, 0.15) is 19.5 Å². The predicted molar refractivity (Wildman–Crippen MR) is 50.3 cm³/mol. The van der Waals surface area contributed by atoms with Gasteiger partial charge in [-0.05, 0) is 13.8 Å². The highest BCUT2D eigenvalue weighted by molar-refractivity contribution is 5.86. The van der Waals surface area contributed by atoms with Crippen LogP contribution in [0.5, 0.6) is 0 Å². The van der Waals surface area contributed by atoms with E-state index in [2.05, 4.69) is 9.97 Å². The second-order valence-electron chi connectivity index (χ2n) is 3.79. The van der Waals surface area contributed by atoms with Gasteiger partial charge in [0, 0.05) is 26.0 Å². The first-order chi connectivity index (χ1) is 5.96. The fourth-order valence-corrected chi connectivity index (χ4v) is 1.27. The Kier molecular flexibility index (Phi) is 2.40. The molecule has 0 aliphatic heterocycles. The first-order valence-corrected chi connectivity index (χ1v) is 4.17. The number of likely N-dealkylation sites (N-methyl/N-ethyl adjacent to an activating group) is 1. The minimum atomic E-state index is -0.528. The van der Waals surface area contributed by atoms with Crippen molar-refractivity contribution in [2.75, 3.05) is 14.1 Å². The Hall–Kier alpha value is -1.32. The van der Waals surface area contributed by atoms with E-state index in [0.29, 0.717) is 0 Å². The van der Waals surface area contributed by atoms with E-state index in [1.807, 2.05) is 13.8 Å². The van der Waals surface area contributed by atoms with Crippen LogP contribution >= 0.6 is 0 Å². The number of imidazole rings is 1. The highest BCUT2D eigenvalue weighted by atomic mass is 16.2. The van der Waals surface area contributed by atoms with Gasteiger partial charge >= 0.3 is 0 Å². The summed E-state index contributed by atoms with van der Waals surface area (Å²) in [5.74, 6) is 0.0664. The van der Waals surface area contributed by atoms with E-state index >= 15 is 0 Å². The molecule has 0 atom stereocenters. The van der Waals surface area contributed by atoms with E-state index in [9.17, 15) is 4.79 Å².